The molecule has 2 rings (SSSR count). The molecule has 6 nitrogen and oxygen atoms in total. The average molecular weight is 360 g/mol. The lowest BCUT2D eigenvalue weighted by Gasteiger charge is -2.06. The first-order valence-corrected chi connectivity index (χ1v) is 8.00. The highest BCUT2D eigenvalue weighted by molar-refractivity contribution is 6.31. The second-order valence-electron chi connectivity index (χ2n) is 5.20. The van der Waals surface area contributed by atoms with Crippen LogP contribution in [0.3, 0.4) is 0 Å². The van der Waals surface area contributed by atoms with Crippen LogP contribution in [0.15, 0.2) is 29.8 Å². The largest absolute Gasteiger partial charge is 0.497 e. The maximum absolute atomic E-state index is 12.1. The molecule has 1 amide bonds. The van der Waals surface area contributed by atoms with Gasteiger partial charge in [0.15, 0.2) is 0 Å². The molecule has 7 heteroatoms. The lowest BCUT2D eigenvalue weighted by atomic mass is 10.1. The number of fused-ring (bicyclic) bond motifs is 1. The van der Waals surface area contributed by atoms with Gasteiger partial charge in [-0.1, -0.05) is 11.6 Å². The number of halogens is 1. The van der Waals surface area contributed by atoms with Gasteiger partial charge in [-0.25, -0.2) is 4.98 Å². The fourth-order valence-corrected chi connectivity index (χ4v) is 2.39. The van der Waals surface area contributed by atoms with Crippen LogP contribution >= 0.6 is 11.6 Å². The number of ether oxygens (including phenoxy) is 2. The fourth-order valence-electron chi connectivity index (χ4n) is 2.19. The Morgan fingerprint density at radius 3 is 2.88 bits per heavy atom. The summed E-state index contributed by atoms with van der Waals surface area (Å²) in [4.78, 5) is 16.4. The van der Waals surface area contributed by atoms with Gasteiger partial charge in [0.1, 0.15) is 22.5 Å². The smallest absolute Gasteiger partial charge is 0.261 e. The molecule has 0 bridgehead atoms. The molecule has 0 spiro atoms. The van der Waals surface area contributed by atoms with E-state index in [2.05, 4.69) is 10.3 Å². The Morgan fingerprint density at radius 1 is 1.40 bits per heavy atom. The van der Waals surface area contributed by atoms with Crippen LogP contribution in [0.1, 0.15) is 12.0 Å². The Hall–Kier alpha value is -2.62. The van der Waals surface area contributed by atoms with Crippen LogP contribution in [0.2, 0.25) is 5.15 Å². The van der Waals surface area contributed by atoms with Gasteiger partial charge < -0.3 is 14.8 Å². The Kier molecular flexibility index (Phi) is 6.75. The summed E-state index contributed by atoms with van der Waals surface area (Å²) in [5, 5.41) is 12.9. The maximum Gasteiger partial charge on any atom is 0.261 e. The summed E-state index contributed by atoms with van der Waals surface area (Å²) in [5.41, 5.74) is 1.15. The van der Waals surface area contributed by atoms with Gasteiger partial charge in [0.25, 0.3) is 5.91 Å². The molecule has 0 fully saturated rings. The highest BCUT2D eigenvalue weighted by Crippen LogP contribution is 2.25. The zero-order valence-electron chi connectivity index (χ0n) is 14.0. The second-order valence-corrected chi connectivity index (χ2v) is 5.56. The summed E-state index contributed by atoms with van der Waals surface area (Å²) in [6.07, 6.45) is 2.10. The van der Waals surface area contributed by atoms with Crippen LogP contribution in [-0.4, -0.2) is 38.3 Å². The van der Waals surface area contributed by atoms with Crippen LogP contribution in [0.5, 0.6) is 5.75 Å². The number of hydrogen-bond acceptors (Lipinski definition) is 5. The average Bonchev–Trinajstić information content (AvgIpc) is 2.62. The zero-order chi connectivity index (χ0) is 18.2. The molecule has 0 atom stereocenters. The number of rotatable bonds is 7. The molecule has 0 saturated heterocycles. The van der Waals surface area contributed by atoms with Crippen molar-refractivity contribution in [3.63, 3.8) is 0 Å². The number of pyridine rings is 1. The molecule has 0 saturated carbocycles. The minimum atomic E-state index is -0.458. The van der Waals surface area contributed by atoms with Crippen molar-refractivity contribution in [2.75, 3.05) is 27.4 Å². The van der Waals surface area contributed by atoms with E-state index in [0.29, 0.717) is 36.4 Å². The van der Waals surface area contributed by atoms with E-state index in [1.54, 1.807) is 32.4 Å². The second kappa shape index (κ2) is 9.02. The fraction of sp³-hybridized carbons (Fsp3) is 0.278. The topological polar surface area (TPSA) is 84.2 Å². The number of nitrogens with zero attached hydrogens (tertiary/aromatic N) is 2. The van der Waals surface area contributed by atoms with Crippen LogP contribution in [0, 0.1) is 11.3 Å². The lowest BCUT2D eigenvalue weighted by molar-refractivity contribution is -0.117. The third-order valence-electron chi connectivity index (χ3n) is 3.48. The molecule has 1 aromatic carbocycles. The number of hydrogen-bond donors (Lipinski definition) is 1. The first-order valence-electron chi connectivity index (χ1n) is 7.62. The van der Waals surface area contributed by atoms with Gasteiger partial charge >= 0.3 is 0 Å². The van der Waals surface area contributed by atoms with Crippen LogP contribution in [0.25, 0.3) is 17.0 Å². The van der Waals surface area contributed by atoms with Crippen molar-refractivity contribution in [2.45, 2.75) is 6.42 Å². The summed E-state index contributed by atoms with van der Waals surface area (Å²) in [6, 6.07) is 9.05. The Bertz CT molecular complexity index is 843. The number of nitriles is 1. The Labute approximate surface area is 151 Å². The summed E-state index contributed by atoms with van der Waals surface area (Å²) in [7, 11) is 3.17. The molecule has 25 heavy (non-hydrogen) atoms. The van der Waals surface area contributed by atoms with Crippen molar-refractivity contribution in [3.05, 3.63) is 40.6 Å². The summed E-state index contributed by atoms with van der Waals surface area (Å²) >= 11 is 6.18. The van der Waals surface area contributed by atoms with E-state index >= 15 is 0 Å². The lowest BCUT2D eigenvalue weighted by Crippen LogP contribution is -2.26. The first-order chi connectivity index (χ1) is 12.1. The Balaban J connectivity index is 2.28. The van der Waals surface area contributed by atoms with Crippen molar-refractivity contribution >= 4 is 34.5 Å². The van der Waals surface area contributed by atoms with Crippen LogP contribution in [0.4, 0.5) is 0 Å². The van der Waals surface area contributed by atoms with Gasteiger partial charge in [-0.05, 0) is 36.8 Å². The third-order valence-corrected chi connectivity index (χ3v) is 3.78. The van der Waals surface area contributed by atoms with Gasteiger partial charge in [-0.15, -0.1) is 0 Å². The quantitative estimate of drug-likeness (QED) is 0.355. The molecule has 0 aliphatic heterocycles. The zero-order valence-corrected chi connectivity index (χ0v) is 14.8. The predicted octanol–water partition coefficient (Wildman–Crippen LogP) is 2.96. The standard InChI is InChI=1S/C18H18ClN3O3/c1-24-7-3-6-21-18(23)14(11-20)9-13-8-12-10-15(25-2)4-5-16(12)22-17(13)19/h4-5,8-10H,3,6-7H2,1-2H3,(H,21,23)/b14-9+. The van der Waals surface area contributed by atoms with E-state index < -0.39 is 5.91 Å². The number of aromatic nitrogens is 1. The molecular formula is C18H18ClN3O3. The number of amides is 1. The normalized spacial score (nSPS) is 11.2. The molecule has 130 valence electrons. The highest BCUT2D eigenvalue weighted by Gasteiger charge is 2.11. The van der Waals surface area contributed by atoms with Crippen LogP contribution in [-0.2, 0) is 9.53 Å². The van der Waals surface area contributed by atoms with Gasteiger partial charge in [0, 0.05) is 31.2 Å². The van der Waals surface area contributed by atoms with E-state index in [0.717, 1.165) is 5.39 Å². The van der Waals surface area contributed by atoms with Crippen molar-refractivity contribution in [3.8, 4) is 11.8 Å². The van der Waals surface area contributed by atoms with Crippen molar-refractivity contribution < 1.29 is 14.3 Å². The van der Waals surface area contributed by atoms with Crippen molar-refractivity contribution in [1.82, 2.24) is 10.3 Å². The summed E-state index contributed by atoms with van der Waals surface area (Å²) in [6.45, 7) is 0.959. The molecule has 2 aromatic rings. The predicted molar refractivity (Wildman–Crippen MR) is 96.4 cm³/mol. The Morgan fingerprint density at radius 2 is 2.20 bits per heavy atom. The summed E-state index contributed by atoms with van der Waals surface area (Å²) < 4.78 is 10.1. The van der Waals surface area contributed by atoms with E-state index in [4.69, 9.17) is 21.1 Å². The monoisotopic (exact) mass is 359 g/mol. The van der Waals surface area contributed by atoms with Gasteiger partial charge in [-0.2, -0.15) is 5.26 Å². The summed E-state index contributed by atoms with van der Waals surface area (Å²) in [5.74, 6) is 0.225. The minimum absolute atomic E-state index is 0.0386. The van der Waals surface area contributed by atoms with Crippen LogP contribution < -0.4 is 10.1 Å². The van der Waals surface area contributed by atoms with Crippen molar-refractivity contribution in [2.24, 2.45) is 0 Å². The van der Waals surface area contributed by atoms with E-state index in [1.165, 1.54) is 6.08 Å². The van der Waals surface area contributed by atoms with E-state index in [9.17, 15) is 10.1 Å². The third kappa shape index (κ3) is 4.92. The van der Waals surface area contributed by atoms with E-state index in [1.807, 2.05) is 12.1 Å². The molecule has 1 heterocycles. The molecule has 1 aromatic heterocycles. The molecule has 1 N–H and O–H groups in total. The first kappa shape index (κ1) is 18.7. The van der Waals surface area contributed by atoms with Gasteiger partial charge in [0.2, 0.25) is 0 Å². The number of nitrogens with one attached hydrogen (secondary N) is 1. The number of benzene rings is 1. The molecule has 0 aliphatic carbocycles. The molecular weight excluding hydrogens is 342 g/mol. The van der Waals surface area contributed by atoms with Crippen molar-refractivity contribution in [1.29, 1.82) is 5.26 Å². The highest BCUT2D eigenvalue weighted by atomic mass is 35.5. The number of carbonyl (C=O) groups is 1. The maximum atomic E-state index is 12.1. The minimum Gasteiger partial charge on any atom is -0.497 e. The van der Waals surface area contributed by atoms with E-state index in [-0.39, 0.29) is 10.7 Å². The van der Waals surface area contributed by atoms with Gasteiger partial charge in [0.05, 0.1) is 12.6 Å². The van der Waals surface area contributed by atoms with Gasteiger partial charge in [-0.3, -0.25) is 4.79 Å². The molecule has 0 unspecified atom stereocenters. The number of carbonyl (C=O) groups excluding carboxylic acids is 1. The SMILES string of the molecule is COCCCNC(=O)/C(C#N)=C/c1cc2cc(OC)ccc2nc1Cl. The molecule has 0 radical (unpaired) electrons. The molecule has 0 aliphatic rings. The number of methoxy groups -OCH3 is 2.